The fourth-order valence-electron chi connectivity index (χ4n) is 3.85. The standard InChI is InChI=1S/C26H29NO2/c1-18(2)27(19(3)4)26(28)25-23(15-10-16-24(25)29-5)22-14-9-13-21(17-22)20-11-7-6-8-12-20/h6-19H,1-5H3. The normalized spacial score (nSPS) is 11.0. The monoisotopic (exact) mass is 387 g/mol. The second-order valence-corrected chi connectivity index (χ2v) is 7.73. The molecule has 3 nitrogen and oxygen atoms in total. The van der Waals surface area contributed by atoms with E-state index in [2.05, 4.69) is 24.3 Å². The Hall–Kier alpha value is -3.07. The van der Waals surface area contributed by atoms with Gasteiger partial charge in [0, 0.05) is 12.1 Å². The fourth-order valence-corrected chi connectivity index (χ4v) is 3.85. The molecule has 150 valence electrons. The van der Waals surface area contributed by atoms with Gasteiger partial charge in [0.15, 0.2) is 0 Å². The Morgan fingerprint density at radius 2 is 1.34 bits per heavy atom. The zero-order valence-electron chi connectivity index (χ0n) is 17.8. The van der Waals surface area contributed by atoms with Gasteiger partial charge in [0.05, 0.1) is 12.7 Å². The first-order valence-corrected chi connectivity index (χ1v) is 10.1. The van der Waals surface area contributed by atoms with Gasteiger partial charge in [-0.15, -0.1) is 0 Å². The van der Waals surface area contributed by atoms with Gasteiger partial charge in [-0.05, 0) is 62.1 Å². The number of carbonyl (C=O) groups excluding carboxylic acids is 1. The van der Waals surface area contributed by atoms with Gasteiger partial charge in [-0.25, -0.2) is 0 Å². The molecular weight excluding hydrogens is 358 g/mol. The lowest BCUT2D eigenvalue weighted by molar-refractivity contribution is 0.0641. The molecule has 0 bridgehead atoms. The third-order valence-corrected chi connectivity index (χ3v) is 5.09. The molecule has 3 rings (SSSR count). The summed E-state index contributed by atoms with van der Waals surface area (Å²) in [4.78, 5) is 15.5. The summed E-state index contributed by atoms with van der Waals surface area (Å²) in [5, 5.41) is 0. The van der Waals surface area contributed by atoms with E-state index in [1.54, 1.807) is 7.11 Å². The number of nitrogens with zero attached hydrogens (tertiary/aromatic N) is 1. The second kappa shape index (κ2) is 8.95. The van der Waals surface area contributed by atoms with E-state index in [1.807, 2.05) is 81.1 Å². The van der Waals surface area contributed by atoms with E-state index >= 15 is 0 Å². The molecule has 0 spiro atoms. The van der Waals surface area contributed by atoms with Crippen LogP contribution < -0.4 is 4.74 Å². The molecule has 3 aromatic carbocycles. The van der Waals surface area contributed by atoms with Crippen LogP contribution in [0, 0.1) is 0 Å². The number of ether oxygens (including phenoxy) is 1. The zero-order chi connectivity index (χ0) is 21.0. The van der Waals surface area contributed by atoms with Crippen LogP contribution in [0.4, 0.5) is 0 Å². The van der Waals surface area contributed by atoms with E-state index in [0.29, 0.717) is 11.3 Å². The third kappa shape index (κ3) is 4.34. The van der Waals surface area contributed by atoms with E-state index in [1.165, 1.54) is 0 Å². The molecule has 0 heterocycles. The quantitative estimate of drug-likeness (QED) is 0.497. The van der Waals surface area contributed by atoms with Crippen molar-refractivity contribution in [2.24, 2.45) is 0 Å². The van der Waals surface area contributed by atoms with Gasteiger partial charge in [0.1, 0.15) is 5.75 Å². The maximum absolute atomic E-state index is 13.6. The van der Waals surface area contributed by atoms with Crippen molar-refractivity contribution in [3.05, 3.63) is 78.4 Å². The Balaban J connectivity index is 2.16. The van der Waals surface area contributed by atoms with Gasteiger partial charge in [-0.2, -0.15) is 0 Å². The van der Waals surface area contributed by atoms with Crippen LogP contribution in [0.5, 0.6) is 5.75 Å². The van der Waals surface area contributed by atoms with Crippen molar-refractivity contribution in [1.82, 2.24) is 4.90 Å². The largest absolute Gasteiger partial charge is 0.496 e. The molecule has 0 aliphatic heterocycles. The van der Waals surface area contributed by atoms with E-state index in [9.17, 15) is 4.79 Å². The molecule has 0 atom stereocenters. The van der Waals surface area contributed by atoms with Crippen molar-refractivity contribution in [2.75, 3.05) is 7.11 Å². The van der Waals surface area contributed by atoms with Crippen LogP contribution >= 0.6 is 0 Å². The maximum atomic E-state index is 13.6. The molecule has 0 N–H and O–H groups in total. The Labute approximate surface area is 174 Å². The number of hydrogen-bond acceptors (Lipinski definition) is 2. The molecule has 0 unspecified atom stereocenters. The molecular formula is C26H29NO2. The van der Waals surface area contributed by atoms with Crippen molar-refractivity contribution in [3.63, 3.8) is 0 Å². The number of rotatable bonds is 6. The summed E-state index contributed by atoms with van der Waals surface area (Å²) in [7, 11) is 1.62. The average molecular weight is 388 g/mol. The van der Waals surface area contributed by atoms with E-state index < -0.39 is 0 Å². The van der Waals surface area contributed by atoms with E-state index in [4.69, 9.17) is 4.74 Å². The molecule has 3 aromatic rings. The second-order valence-electron chi connectivity index (χ2n) is 7.73. The number of carbonyl (C=O) groups is 1. The molecule has 0 aliphatic carbocycles. The number of amides is 1. The van der Waals surface area contributed by atoms with Gasteiger partial charge in [0.25, 0.3) is 5.91 Å². The first kappa shape index (κ1) is 20.7. The van der Waals surface area contributed by atoms with Crippen LogP contribution in [0.25, 0.3) is 22.3 Å². The highest BCUT2D eigenvalue weighted by molar-refractivity contribution is 6.04. The average Bonchev–Trinajstić information content (AvgIpc) is 2.73. The first-order chi connectivity index (χ1) is 13.9. The van der Waals surface area contributed by atoms with Crippen LogP contribution in [-0.4, -0.2) is 30.0 Å². The predicted octanol–water partition coefficient (Wildman–Crippen LogP) is 6.29. The van der Waals surface area contributed by atoms with Crippen molar-refractivity contribution in [2.45, 2.75) is 39.8 Å². The van der Waals surface area contributed by atoms with Crippen LogP contribution in [0.2, 0.25) is 0 Å². The summed E-state index contributed by atoms with van der Waals surface area (Å²) >= 11 is 0. The Morgan fingerprint density at radius 1 is 0.759 bits per heavy atom. The summed E-state index contributed by atoms with van der Waals surface area (Å²) in [6.45, 7) is 8.18. The smallest absolute Gasteiger partial charge is 0.258 e. The highest BCUT2D eigenvalue weighted by Gasteiger charge is 2.27. The minimum atomic E-state index is -0.00689. The fraction of sp³-hybridized carbons (Fsp3) is 0.269. The minimum Gasteiger partial charge on any atom is -0.496 e. The molecule has 0 aromatic heterocycles. The van der Waals surface area contributed by atoms with Gasteiger partial charge in [-0.3, -0.25) is 4.79 Å². The minimum absolute atomic E-state index is 0.00689. The predicted molar refractivity (Wildman–Crippen MR) is 120 cm³/mol. The van der Waals surface area contributed by atoms with E-state index in [0.717, 1.165) is 22.3 Å². The Kier molecular flexibility index (Phi) is 6.38. The first-order valence-electron chi connectivity index (χ1n) is 10.1. The van der Waals surface area contributed by atoms with Crippen molar-refractivity contribution >= 4 is 5.91 Å². The summed E-state index contributed by atoms with van der Waals surface area (Å²) in [6.07, 6.45) is 0. The number of benzene rings is 3. The summed E-state index contributed by atoms with van der Waals surface area (Å²) < 4.78 is 5.61. The lowest BCUT2D eigenvalue weighted by atomic mass is 9.94. The maximum Gasteiger partial charge on any atom is 0.258 e. The van der Waals surface area contributed by atoms with Crippen LogP contribution in [0.15, 0.2) is 72.8 Å². The topological polar surface area (TPSA) is 29.5 Å². The van der Waals surface area contributed by atoms with Gasteiger partial charge < -0.3 is 9.64 Å². The molecule has 0 radical (unpaired) electrons. The van der Waals surface area contributed by atoms with Crippen molar-refractivity contribution in [1.29, 1.82) is 0 Å². The van der Waals surface area contributed by atoms with E-state index in [-0.39, 0.29) is 18.0 Å². The van der Waals surface area contributed by atoms with Crippen LogP contribution in [0.1, 0.15) is 38.1 Å². The molecule has 0 aliphatic rings. The summed E-state index contributed by atoms with van der Waals surface area (Å²) in [5.41, 5.74) is 4.77. The van der Waals surface area contributed by atoms with Crippen molar-refractivity contribution < 1.29 is 9.53 Å². The summed E-state index contributed by atoms with van der Waals surface area (Å²) in [6, 6.07) is 24.6. The third-order valence-electron chi connectivity index (χ3n) is 5.09. The number of methoxy groups -OCH3 is 1. The SMILES string of the molecule is COc1cccc(-c2cccc(-c3ccccc3)c2)c1C(=O)N(C(C)C)C(C)C. The zero-order valence-corrected chi connectivity index (χ0v) is 17.8. The van der Waals surface area contributed by atoms with Crippen LogP contribution in [-0.2, 0) is 0 Å². The molecule has 0 fully saturated rings. The lowest BCUT2D eigenvalue weighted by Gasteiger charge is -2.32. The Morgan fingerprint density at radius 3 is 1.97 bits per heavy atom. The Bertz CT molecular complexity index is 969. The molecule has 29 heavy (non-hydrogen) atoms. The molecule has 3 heteroatoms. The molecule has 0 saturated heterocycles. The van der Waals surface area contributed by atoms with Gasteiger partial charge in [0.2, 0.25) is 0 Å². The van der Waals surface area contributed by atoms with Crippen molar-refractivity contribution in [3.8, 4) is 28.0 Å². The summed E-state index contributed by atoms with van der Waals surface area (Å²) in [5.74, 6) is 0.594. The van der Waals surface area contributed by atoms with Crippen LogP contribution in [0.3, 0.4) is 0 Å². The molecule has 1 amide bonds. The highest BCUT2D eigenvalue weighted by Crippen LogP contribution is 2.34. The lowest BCUT2D eigenvalue weighted by Crippen LogP contribution is -2.42. The molecule has 0 saturated carbocycles. The highest BCUT2D eigenvalue weighted by atomic mass is 16.5. The van der Waals surface area contributed by atoms with Gasteiger partial charge in [-0.1, -0.05) is 60.7 Å². The van der Waals surface area contributed by atoms with Gasteiger partial charge >= 0.3 is 0 Å². The number of hydrogen-bond donors (Lipinski definition) is 0.